The van der Waals surface area contributed by atoms with Crippen molar-refractivity contribution in [2.75, 3.05) is 0 Å². The first-order valence-corrected chi connectivity index (χ1v) is 17.8. The van der Waals surface area contributed by atoms with Gasteiger partial charge in [-0.15, -0.1) is 0 Å². The van der Waals surface area contributed by atoms with E-state index < -0.39 is 21.0 Å². The van der Waals surface area contributed by atoms with Gasteiger partial charge in [-0.1, -0.05) is 98.8 Å². The smallest absolute Gasteiger partial charge is 0.508 e. The number of halogens is 3. The SMILES string of the molecule is CCC1=NC(C)CC1(c1ccccc1)c1ccc(O)cc1.CCC1=NC(C)CC1(c1ccccc1)c1ccc(OS(=O)(=O)C(F)(F)F)cc1. The molecule has 10 heteroatoms. The Balaban J connectivity index is 0.000000199. The van der Waals surface area contributed by atoms with E-state index in [1.807, 2.05) is 56.3 Å². The fraction of sp³-hybridized carbons (Fsp3) is 0.333. The molecule has 4 unspecified atom stereocenters. The highest BCUT2D eigenvalue weighted by atomic mass is 32.2. The van der Waals surface area contributed by atoms with Crippen molar-refractivity contribution in [2.45, 2.75) is 81.8 Å². The third-order valence-corrected chi connectivity index (χ3v) is 10.3. The lowest BCUT2D eigenvalue weighted by atomic mass is 9.68. The normalized spacial score (nSPS) is 23.7. The van der Waals surface area contributed by atoms with Crippen LogP contribution in [0.15, 0.2) is 119 Å². The van der Waals surface area contributed by atoms with E-state index in [4.69, 9.17) is 9.98 Å². The zero-order valence-electron chi connectivity index (χ0n) is 28.0. The highest BCUT2D eigenvalue weighted by Gasteiger charge is 2.49. The minimum absolute atomic E-state index is 0.0942. The Morgan fingerprint density at radius 3 is 1.41 bits per heavy atom. The molecule has 0 aromatic heterocycles. The van der Waals surface area contributed by atoms with Gasteiger partial charge >= 0.3 is 15.6 Å². The molecule has 4 aromatic carbocycles. The van der Waals surface area contributed by atoms with Crippen molar-refractivity contribution >= 4 is 21.5 Å². The number of nitrogens with zero attached hydrogens (tertiary/aromatic N) is 2. The van der Waals surface area contributed by atoms with Crippen molar-refractivity contribution in [3.8, 4) is 11.5 Å². The number of aliphatic imine (C=N–C) groups is 2. The van der Waals surface area contributed by atoms with Crippen LogP contribution in [-0.2, 0) is 20.9 Å². The summed E-state index contributed by atoms with van der Waals surface area (Å²) in [5, 5.41) is 9.60. The maximum atomic E-state index is 12.5. The van der Waals surface area contributed by atoms with E-state index in [0.717, 1.165) is 42.5 Å². The highest BCUT2D eigenvalue weighted by molar-refractivity contribution is 7.88. The standard InChI is InChI=1S/C20H20F3NO3S.C19H21NO/c1-3-18-19(13-14(2)24-18,15-7-5-4-6-8-15)16-9-11-17(12-10-16)27-28(25,26)20(21,22)23;1-3-18-19(13-14(2)20-18,15-7-5-4-6-8-15)16-9-11-17(21)12-10-16/h4-12,14H,3,13H2,1-2H3;4-12,14,21H,3,13H2,1-2H3. The minimum Gasteiger partial charge on any atom is -0.508 e. The first-order valence-electron chi connectivity index (χ1n) is 16.4. The number of alkyl halides is 3. The quantitative estimate of drug-likeness (QED) is 0.148. The van der Waals surface area contributed by atoms with Crippen LogP contribution in [0.4, 0.5) is 13.2 Å². The summed E-state index contributed by atoms with van der Waals surface area (Å²) in [6.07, 6.45) is 3.38. The van der Waals surface area contributed by atoms with Crippen LogP contribution in [0, 0.1) is 0 Å². The minimum atomic E-state index is -5.70. The topological polar surface area (TPSA) is 88.3 Å². The molecule has 0 bridgehead atoms. The number of hydrogen-bond donors (Lipinski definition) is 1. The molecule has 1 N–H and O–H groups in total. The van der Waals surface area contributed by atoms with Crippen LogP contribution in [0.3, 0.4) is 0 Å². The van der Waals surface area contributed by atoms with Crippen molar-refractivity contribution in [1.29, 1.82) is 0 Å². The Bertz CT molecular complexity index is 1900. The molecule has 2 heterocycles. The molecule has 6 rings (SSSR count). The molecule has 4 atom stereocenters. The number of aromatic hydroxyl groups is 1. The molecule has 0 saturated heterocycles. The van der Waals surface area contributed by atoms with E-state index in [2.05, 4.69) is 48.4 Å². The number of phenols is 1. The second-order valence-electron chi connectivity index (χ2n) is 12.6. The second-order valence-corrected chi connectivity index (χ2v) is 14.1. The van der Waals surface area contributed by atoms with E-state index in [0.29, 0.717) is 11.8 Å². The first kappa shape index (κ1) is 35.9. The van der Waals surface area contributed by atoms with Gasteiger partial charge in [0.1, 0.15) is 11.5 Å². The van der Waals surface area contributed by atoms with Crippen molar-refractivity contribution in [1.82, 2.24) is 0 Å². The summed E-state index contributed by atoms with van der Waals surface area (Å²) in [6.45, 7) is 8.39. The Labute approximate surface area is 286 Å². The van der Waals surface area contributed by atoms with E-state index in [-0.39, 0.29) is 17.2 Å². The molecular weight excluding hydrogens is 650 g/mol. The lowest BCUT2D eigenvalue weighted by Gasteiger charge is -2.32. The molecule has 0 fully saturated rings. The molecule has 258 valence electrons. The summed E-state index contributed by atoms with van der Waals surface area (Å²) in [4.78, 5) is 9.66. The van der Waals surface area contributed by atoms with Gasteiger partial charge < -0.3 is 9.29 Å². The van der Waals surface area contributed by atoms with E-state index in [1.54, 1.807) is 24.3 Å². The molecule has 4 aromatic rings. The van der Waals surface area contributed by atoms with Crippen LogP contribution in [-0.4, -0.2) is 42.5 Å². The summed E-state index contributed by atoms with van der Waals surface area (Å²) in [6, 6.07) is 34.1. The van der Waals surface area contributed by atoms with Gasteiger partial charge in [0.25, 0.3) is 0 Å². The Morgan fingerprint density at radius 2 is 1.04 bits per heavy atom. The maximum absolute atomic E-state index is 12.5. The van der Waals surface area contributed by atoms with Gasteiger partial charge in [-0.3, -0.25) is 9.98 Å². The average molecular weight is 691 g/mol. The molecule has 0 aliphatic carbocycles. The Hall–Kier alpha value is -4.44. The van der Waals surface area contributed by atoms with E-state index in [1.165, 1.54) is 29.0 Å². The molecular formula is C39H41F3N2O4S. The zero-order chi connectivity index (χ0) is 35.5. The van der Waals surface area contributed by atoms with E-state index >= 15 is 0 Å². The summed E-state index contributed by atoms with van der Waals surface area (Å²) in [5.41, 5.74) is 0.489. The van der Waals surface area contributed by atoms with Crippen molar-refractivity contribution < 1.29 is 30.9 Å². The fourth-order valence-electron chi connectivity index (χ4n) is 7.38. The largest absolute Gasteiger partial charge is 0.534 e. The third kappa shape index (κ3) is 7.02. The average Bonchev–Trinajstić information content (AvgIpc) is 3.63. The molecule has 6 nitrogen and oxygen atoms in total. The summed E-state index contributed by atoms with van der Waals surface area (Å²) >= 11 is 0. The molecule has 49 heavy (non-hydrogen) atoms. The first-order chi connectivity index (χ1) is 23.3. The van der Waals surface area contributed by atoms with Gasteiger partial charge in [-0.05, 0) is 86.1 Å². The van der Waals surface area contributed by atoms with Crippen LogP contribution < -0.4 is 4.18 Å². The summed E-state index contributed by atoms with van der Waals surface area (Å²) in [5.74, 6) is -0.0756. The summed E-state index contributed by atoms with van der Waals surface area (Å²) in [7, 11) is -5.70. The molecule has 0 amide bonds. The summed E-state index contributed by atoms with van der Waals surface area (Å²) < 4.78 is 64.3. The van der Waals surface area contributed by atoms with Crippen LogP contribution >= 0.6 is 0 Å². The van der Waals surface area contributed by atoms with Gasteiger partial charge in [0.2, 0.25) is 0 Å². The lowest BCUT2D eigenvalue weighted by molar-refractivity contribution is -0.0500. The predicted octanol–water partition coefficient (Wildman–Crippen LogP) is 9.17. The fourth-order valence-corrected chi connectivity index (χ4v) is 7.84. The number of rotatable bonds is 8. The molecule has 2 aliphatic heterocycles. The monoisotopic (exact) mass is 690 g/mol. The Morgan fingerprint density at radius 1 is 0.673 bits per heavy atom. The molecule has 2 aliphatic rings. The zero-order valence-corrected chi connectivity index (χ0v) is 28.8. The highest BCUT2D eigenvalue weighted by Crippen LogP contribution is 2.45. The van der Waals surface area contributed by atoms with Crippen molar-refractivity contribution in [3.05, 3.63) is 131 Å². The van der Waals surface area contributed by atoms with Gasteiger partial charge in [0.05, 0.1) is 10.8 Å². The number of phenolic OH excluding ortho intramolecular Hbond substituents is 1. The van der Waals surface area contributed by atoms with Crippen LogP contribution in [0.1, 0.15) is 75.6 Å². The molecule has 0 saturated carbocycles. The molecule has 0 radical (unpaired) electrons. The van der Waals surface area contributed by atoms with E-state index in [9.17, 15) is 26.7 Å². The lowest BCUT2D eigenvalue weighted by Crippen LogP contribution is -2.34. The van der Waals surface area contributed by atoms with Gasteiger partial charge in [0.15, 0.2) is 0 Å². The number of hydrogen-bond acceptors (Lipinski definition) is 6. The van der Waals surface area contributed by atoms with Crippen molar-refractivity contribution in [3.63, 3.8) is 0 Å². The van der Waals surface area contributed by atoms with Gasteiger partial charge in [-0.2, -0.15) is 21.6 Å². The number of benzene rings is 4. The maximum Gasteiger partial charge on any atom is 0.534 e. The van der Waals surface area contributed by atoms with Gasteiger partial charge in [0, 0.05) is 23.5 Å². The van der Waals surface area contributed by atoms with Crippen LogP contribution in [0.5, 0.6) is 11.5 Å². The van der Waals surface area contributed by atoms with Gasteiger partial charge in [-0.25, -0.2) is 0 Å². The predicted molar refractivity (Wildman–Crippen MR) is 188 cm³/mol. The van der Waals surface area contributed by atoms with Crippen LogP contribution in [0.2, 0.25) is 0 Å². The van der Waals surface area contributed by atoms with Crippen molar-refractivity contribution in [2.24, 2.45) is 9.98 Å². The third-order valence-electron chi connectivity index (χ3n) is 9.34. The Kier molecular flexibility index (Phi) is 10.4. The molecule has 0 spiro atoms. The van der Waals surface area contributed by atoms with Crippen LogP contribution in [0.25, 0.3) is 0 Å². The second kappa shape index (κ2) is 14.2.